The van der Waals surface area contributed by atoms with E-state index in [1.165, 1.54) is 30.6 Å². The molecule has 0 saturated heterocycles. The number of rotatable bonds is 10. The number of nitrogens with one attached hydrogen (secondary N) is 1. The summed E-state index contributed by atoms with van der Waals surface area (Å²) in [5.41, 5.74) is 1.86. The van der Waals surface area contributed by atoms with Crippen molar-refractivity contribution < 1.29 is 9.84 Å². The molecule has 1 saturated carbocycles. The van der Waals surface area contributed by atoms with Gasteiger partial charge in [-0.25, -0.2) is 4.98 Å². The van der Waals surface area contributed by atoms with Crippen LogP contribution in [0.15, 0.2) is 40.5 Å². The van der Waals surface area contributed by atoms with Crippen LogP contribution in [-0.4, -0.2) is 51.9 Å². The first-order valence-corrected chi connectivity index (χ1v) is 12.9. The van der Waals surface area contributed by atoms with E-state index < -0.39 is 6.10 Å². The molecule has 1 aliphatic rings. The lowest BCUT2D eigenvalue weighted by molar-refractivity contribution is -0.00502. The summed E-state index contributed by atoms with van der Waals surface area (Å²) < 4.78 is 5.67. The van der Waals surface area contributed by atoms with E-state index in [0.717, 1.165) is 28.8 Å². The number of hydrogen-bond acceptors (Lipinski definition) is 6. The van der Waals surface area contributed by atoms with Gasteiger partial charge in [-0.05, 0) is 24.3 Å². The van der Waals surface area contributed by atoms with Gasteiger partial charge in [-0.2, -0.15) is 0 Å². The first-order chi connectivity index (χ1) is 16.0. The first kappa shape index (κ1) is 24.1. The number of aromatic nitrogens is 2. The molecule has 2 N–H and O–H groups in total. The fraction of sp³-hybridized carbons (Fsp3) is 0.538. The Kier molecular flexibility index (Phi) is 8.30. The van der Waals surface area contributed by atoms with Gasteiger partial charge in [0.15, 0.2) is 0 Å². The molecule has 0 aliphatic heterocycles. The lowest BCUT2D eigenvalue weighted by atomic mass is 9.94. The summed E-state index contributed by atoms with van der Waals surface area (Å²) in [4.78, 5) is 24.0. The molecular weight excluding hydrogens is 434 g/mol. The molecule has 0 bridgehead atoms. The predicted molar refractivity (Wildman–Crippen MR) is 135 cm³/mol. The van der Waals surface area contributed by atoms with Gasteiger partial charge in [0.05, 0.1) is 24.6 Å². The van der Waals surface area contributed by atoms with Crippen molar-refractivity contribution in [2.45, 2.75) is 64.6 Å². The normalized spacial score (nSPS) is 16.2. The zero-order chi connectivity index (χ0) is 23.2. The largest absolute Gasteiger partial charge is 0.389 e. The van der Waals surface area contributed by atoms with Crippen LogP contribution < -0.4 is 5.56 Å². The van der Waals surface area contributed by atoms with Crippen LogP contribution in [0.3, 0.4) is 0 Å². The highest BCUT2D eigenvalue weighted by molar-refractivity contribution is 7.17. The second kappa shape index (κ2) is 11.4. The summed E-state index contributed by atoms with van der Waals surface area (Å²) in [6.45, 7) is 6.23. The molecule has 1 unspecified atom stereocenters. The number of nitrogens with zero attached hydrogens (tertiary/aromatic N) is 2. The van der Waals surface area contributed by atoms with E-state index >= 15 is 0 Å². The monoisotopic (exact) mass is 469 g/mol. The van der Waals surface area contributed by atoms with Crippen LogP contribution >= 0.6 is 11.3 Å². The summed E-state index contributed by atoms with van der Waals surface area (Å²) in [6, 6.07) is 10.4. The number of aromatic amines is 1. The Morgan fingerprint density at radius 2 is 1.94 bits per heavy atom. The predicted octanol–water partition coefficient (Wildman–Crippen LogP) is 4.82. The highest BCUT2D eigenvalue weighted by Crippen LogP contribution is 2.31. The smallest absolute Gasteiger partial charge is 0.260 e. The Balaban J connectivity index is 1.53. The van der Waals surface area contributed by atoms with Crippen LogP contribution in [-0.2, 0) is 11.3 Å². The molecule has 0 spiro atoms. The van der Waals surface area contributed by atoms with E-state index in [2.05, 4.69) is 23.7 Å². The number of benzene rings is 1. The number of H-pyrrole nitrogens is 1. The summed E-state index contributed by atoms with van der Waals surface area (Å²) >= 11 is 1.51. The molecule has 4 rings (SSSR count). The lowest BCUT2D eigenvalue weighted by Crippen LogP contribution is -2.43. The third kappa shape index (κ3) is 6.29. The maximum Gasteiger partial charge on any atom is 0.260 e. The molecule has 3 aromatic rings. The molecule has 178 valence electrons. The quantitative estimate of drug-likeness (QED) is 0.445. The van der Waals surface area contributed by atoms with Crippen LogP contribution in [0.25, 0.3) is 21.3 Å². The van der Waals surface area contributed by atoms with E-state index in [0.29, 0.717) is 49.5 Å². The van der Waals surface area contributed by atoms with Gasteiger partial charge in [-0.3, -0.25) is 9.69 Å². The summed E-state index contributed by atoms with van der Waals surface area (Å²) in [6.07, 6.45) is 5.34. The van der Waals surface area contributed by atoms with Crippen LogP contribution in [0, 0.1) is 5.92 Å². The van der Waals surface area contributed by atoms with Gasteiger partial charge in [-0.15, -0.1) is 11.3 Å². The van der Waals surface area contributed by atoms with Gasteiger partial charge < -0.3 is 14.8 Å². The summed E-state index contributed by atoms with van der Waals surface area (Å²) in [5, 5.41) is 13.3. The van der Waals surface area contributed by atoms with Crippen molar-refractivity contribution in [3.8, 4) is 11.1 Å². The highest BCUT2D eigenvalue weighted by atomic mass is 32.1. The Morgan fingerprint density at radius 1 is 1.18 bits per heavy atom. The van der Waals surface area contributed by atoms with Crippen molar-refractivity contribution in [1.82, 2.24) is 14.9 Å². The number of thiophene rings is 1. The third-order valence-corrected chi connectivity index (χ3v) is 7.10. The van der Waals surface area contributed by atoms with Crippen molar-refractivity contribution in [3.05, 3.63) is 51.9 Å². The van der Waals surface area contributed by atoms with Crippen molar-refractivity contribution >= 4 is 21.6 Å². The maximum atomic E-state index is 13.1. The maximum absolute atomic E-state index is 13.1. The fourth-order valence-corrected chi connectivity index (χ4v) is 5.61. The average Bonchev–Trinajstić information content (AvgIpc) is 3.24. The topological polar surface area (TPSA) is 78.5 Å². The van der Waals surface area contributed by atoms with Crippen molar-refractivity contribution in [1.29, 1.82) is 0 Å². The fourth-order valence-electron chi connectivity index (χ4n) is 4.64. The van der Waals surface area contributed by atoms with Gasteiger partial charge in [0.2, 0.25) is 0 Å². The Bertz CT molecular complexity index is 1070. The molecule has 7 heteroatoms. The zero-order valence-corrected chi connectivity index (χ0v) is 20.4. The Morgan fingerprint density at radius 3 is 2.67 bits per heavy atom. The second-order valence-electron chi connectivity index (χ2n) is 9.51. The number of ether oxygens (including phenoxy) is 1. The molecule has 0 radical (unpaired) electrons. The van der Waals surface area contributed by atoms with Crippen LogP contribution in [0.1, 0.15) is 51.8 Å². The second-order valence-corrected chi connectivity index (χ2v) is 10.4. The molecule has 33 heavy (non-hydrogen) atoms. The SMILES string of the molecule is CC(C)COCC(O)CN(Cc1nc2scc(-c3ccccc3)c2c(=O)[nH]1)C1CCCCC1. The van der Waals surface area contributed by atoms with Gasteiger partial charge in [0.1, 0.15) is 10.7 Å². The van der Waals surface area contributed by atoms with Crippen LogP contribution in [0.5, 0.6) is 0 Å². The van der Waals surface area contributed by atoms with Crippen molar-refractivity contribution in [2.75, 3.05) is 19.8 Å². The highest BCUT2D eigenvalue weighted by Gasteiger charge is 2.25. The first-order valence-electron chi connectivity index (χ1n) is 12.1. The number of fused-ring (bicyclic) bond motifs is 1. The molecule has 0 amide bonds. The molecule has 1 aliphatic carbocycles. The molecular formula is C26H35N3O3S. The van der Waals surface area contributed by atoms with E-state index in [-0.39, 0.29) is 5.56 Å². The molecule has 1 fully saturated rings. The minimum Gasteiger partial charge on any atom is -0.389 e. The molecule has 1 aromatic carbocycles. The Hall–Kier alpha value is -2.06. The van der Waals surface area contributed by atoms with E-state index in [1.54, 1.807) is 0 Å². The average molecular weight is 470 g/mol. The third-order valence-electron chi connectivity index (χ3n) is 6.23. The standard InChI is InChI=1S/C26H35N3O3S/c1-18(2)15-32-16-21(30)13-29(20-11-7-4-8-12-20)14-23-27-25(31)24-22(17-33-26(24)28-23)19-9-5-3-6-10-19/h3,5-6,9-10,17-18,20-21,30H,4,7-8,11-16H2,1-2H3,(H,27,28,31). The van der Waals surface area contributed by atoms with Crippen LogP contribution in [0.4, 0.5) is 0 Å². The van der Waals surface area contributed by atoms with Gasteiger partial charge >= 0.3 is 0 Å². The number of aliphatic hydroxyl groups is 1. The minimum atomic E-state index is -0.562. The molecule has 6 nitrogen and oxygen atoms in total. The minimum absolute atomic E-state index is 0.0977. The van der Waals surface area contributed by atoms with Crippen molar-refractivity contribution in [3.63, 3.8) is 0 Å². The van der Waals surface area contributed by atoms with Gasteiger partial charge in [0.25, 0.3) is 5.56 Å². The molecule has 2 aromatic heterocycles. The van der Waals surface area contributed by atoms with Gasteiger partial charge in [0, 0.05) is 30.1 Å². The number of hydrogen-bond donors (Lipinski definition) is 2. The summed E-state index contributed by atoms with van der Waals surface area (Å²) in [7, 11) is 0. The lowest BCUT2D eigenvalue weighted by Gasteiger charge is -2.35. The van der Waals surface area contributed by atoms with Gasteiger partial charge in [-0.1, -0.05) is 63.4 Å². The van der Waals surface area contributed by atoms with Crippen LogP contribution in [0.2, 0.25) is 0 Å². The van der Waals surface area contributed by atoms with E-state index in [4.69, 9.17) is 9.72 Å². The number of aliphatic hydroxyl groups excluding tert-OH is 1. The summed E-state index contributed by atoms with van der Waals surface area (Å²) in [5.74, 6) is 1.11. The van der Waals surface area contributed by atoms with Crippen molar-refractivity contribution in [2.24, 2.45) is 5.92 Å². The molecule has 2 heterocycles. The zero-order valence-electron chi connectivity index (χ0n) is 19.6. The Labute approximate surface area is 199 Å². The van der Waals surface area contributed by atoms with E-state index in [9.17, 15) is 9.90 Å². The molecule has 1 atom stereocenters. The van der Waals surface area contributed by atoms with E-state index in [1.807, 2.05) is 35.7 Å².